The molecule has 0 aliphatic rings. The summed E-state index contributed by atoms with van der Waals surface area (Å²) in [5.41, 5.74) is 0.475. The highest BCUT2D eigenvalue weighted by atomic mass is 32.2. The second-order valence-electron chi connectivity index (χ2n) is 6.59. The Labute approximate surface area is 187 Å². The molecule has 3 aromatic rings. The van der Waals surface area contributed by atoms with Crippen LogP contribution in [0.1, 0.15) is 10.4 Å². The first-order chi connectivity index (χ1) is 15.2. The van der Waals surface area contributed by atoms with Crippen molar-refractivity contribution in [3.63, 3.8) is 0 Å². The molecule has 3 rings (SSSR count). The van der Waals surface area contributed by atoms with Crippen LogP contribution in [-0.2, 0) is 20.0 Å². The number of hydrogen-bond donors (Lipinski definition) is 3. The van der Waals surface area contributed by atoms with Gasteiger partial charge in [0.05, 0.1) is 21.2 Å². The molecule has 0 heterocycles. The summed E-state index contributed by atoms with van der Waals surface area (Å²) in [5, 5.41) is 2.63. The van der Waals surface area contributed by atoms with Crippen molar-refractivity contribution in [1.82, 2.24) is 4.72 Å². The van der Waals surface area contributed by atoms with Crippen LogP contribution >= 0.6 is 0 Å². The van der Waals surface area contributed by atoms with Gasteiger partial charge >= 0.3 is 0 Å². The van der Waals surface area contributed by atoms with E-state index in [9.17, 15) is 21.6 Å². The molecule has 0 saturated heterocycles. The quantitative estimate of drug-likeness (QED) is 0.414. The molecule has 0 fully saturated rings. The molecule has 1 amide bonds. The van der Waals surface area contributed by atoms with Gasteiger partial charge in [0.15, 0.2) is 0 Å². The summed E-state index contributed by atoms with van der Waals surface area (Å²) in [7, 11) is -7.68. The van der Waals surface area contributed by atoms with Crippen molar-refractivity contribution in [3.05, 3.63) is 97.1 Å². The Morgan fingerprint density at radius 3 is 2.09 bits per heavy atom. The van der Waals surface area contributed by atoms with Crippen molar-refractivity contribution in [2.45, 2.75) is 9.79 Å². The van der Waals surface area contributed by atoms with Crippen LogP contribution in [0.15, 0.2) is 101 Å². The Bertz CT molecular complexity index is 1340. The molecule has 0 unspecified atom stereocenters. The number of carbonyl (C=O) groups excluding carboxylic acids is 1. The fourth-order valence-corrected chi connectivity index (χ4v) is 4.88. The smallest absolute Gasteiger partial charge is 0.261 e. The summed E-state index contributed by atoms with van der Waals surface area (Å²) < 4.78 is 54.7. The Kier molecular flexibility index (Phi) is 7.08. The summed E-state index contributed by atoms with van der Waals surface area (Å²) in [5.74, 6) is -0.600. The monoisotopic (exact) mass is 471 g/mol. The van der Waals surface area contributed by atoms with E-state index in [-0.39, 0.29) is 33.3 Å². The van der Waals surface area contributed by atoms with Gasteiger partial charge in [-0.15, -0.1) is 6.58 Å². The van der Waals surface area contributed by atoms with Gasteiger partial charge in [0, 0.05) is 12.1 Å². The van der Waals surface area contributed by atoms with Crippen molar-refractivity contribution in [2.24, 2.45) is 0 Å². The number of hydrogen-bond acceptors (Lipinski definition) is 5. The maximum atomic E-state index is 12.8. The highest BCUT2D eigenvalue weighted by Crippen LogP contribution is 2.25. The highest BCUT2D eigenvalue weighted by Gasteiger charge is 2.18. The molecular weight excluding hydrogens is 450 g/mol. The third-order valence-corrected chi connectivity index (χ3v) is 7.10. The van der Waals surface area contributed by atoms with Crippen molar-refractivity contribution in [1.29, 1.82) is 0 Å². The van der Waals surface area contributed by atoms with E-state index in [0.717, 1.165) is 0 Å². The summed E-state index contributed by atoms with van der Waals surface area (Å²) in [6.07, 6.45) is 1.40. The Morgan fingerprint density at radius 2 is 1.41 bits per heavy atom. The van der Waals surface area contributed by atoms with Crippen molar-refractivity contribution in [3.8, 4) is 0 Å². The molecule has 166 valence electrons. The van der Waals surface area contributed by atoms with E-state index >= 15 is 0 Å². The number of nitrogens with one attached hydrogen (secondary N) is 3. The van der Waals surface area contributed by atoms with Crippen LogP contribution in [0.5, 0.6) is 0 Å². The molecule has 3 N–H and O–H groups in total. The number of sulfonamides is 2. The van der Waals surface area contributed by atoms with Crippen LogP contribution in [0.3, 0.4) is 0 Å². The van der Waals surface area contributed by atoms with E-state index < -0.39 is 26.0 Å². The first-order valence-electron chi connectivity index (χ1n) is 9.42. The zero-order valence-corrected chi connectivity index (χ0v) is 18.5. The summed E-state index contributed by atoms with van der Waals surface area (Å²) in [6, 6.07) is 19.6. The van der Waals surface area contributed by atoms with Gasteiger partial charge in [-0.2, -0.15) is 0 Å². The Hall–Kier alpha value is -3.47. The van der Waals surface area contributed by atoms with Gasteiger partial charge in [0.25, 0.3) is 15.9 Å². The lowest BCUT2D eigenvalue weighted by Gasteiger charge is -2.14. The van der Waals surface area contributed by atoms with E-state index in [1.54, 1.807) is 30.3 Å². The topological polar surface area (TPSA) is 121 Å². The van der Waals surface area contributed by atoms with Gasteiger partial charge in [-0.3, -0.25) is 9.52 Å². The third kappa shape index (κ3) is 5.61. The van der Waals surface area contributed by atoms with Gasteiger partial charge < -0.3 is 5.32 Å². The fourth-order valence-electron chi connectivity index (χ4n) is 2.74. The van der Waals surface area contributed by atoms with E-state index in [1.807, 2.05) is 0 Å². The molecule has 32 heavy (non-hydrogen) atoms. The average molecular weight is 472 g/mol. The predicted octanol–water partition coefficient (Wildman–Crippen LogP) is 3.20. The fraction of sp³-hybridized carbons (Fsp3) is 0.0455. The molecule has 8 nitrogen and oxygen atoms in total. The average Bonchev–Trinajstić information content (AvgIpc) is 2.79. The standard InChI is InChI=1S/C22H21N3O5S2/c1-2-15-23-31(27,28)19-12-8-9-17(16-19)22(26)24-20-13-6-7-14-21(20)25-32(29,30)18-10-4-3-5-11-18/h2-14,16,23,25H,1,15H2,(H,24,26). The second-order valence-corrected chi connectivity index (χ2v) is 10.0. The van der Waals surface area contributed by atoms with Crippen LogP contribution in [0, 0.1) is 0 Å². The summed E-state index contributed by atoms with van der Waals surface area (Å²) in [6.45, 7) is 3.51. The summed E-state index contributed by atoms with van der Waals surface area (Å²) >= 11 is 0. The minimum absolute atomic E-state index is 0.0493. The SMILES string of the molecule is C=CCNS(=O)(=O)c1cccc(C(=O)Nc2ccccc2NS(=O)(=O)c2ccccc2)c1. The molecule has 10 heteroatoms. The van der Waals surface area contributed by atoms with E-state index in [2.05, 4.69) is 21.3 Å². The lowest BCUT2D eigenvalue weighted by Crippen LogP contribution is -2.24. The molecule has 0 aliphatic carbocycles. The van der Waals surface area contributed by atoms with Gasteiger partial charge in [0.2, 0.25) is 10.0 Å². The summed E-state index contributed by atoms with van der Waals surface area (Å²) in [4.78, 5) is 12.8. The molecule has 0 radical (unpaired) electrons. The zero-order chi connectivity index (χ0) is 23.2. The predicted molar refractivity (Wildman–Crippen MR) is 123 cm³/mol. The van der Waals surface area contributed by atoms with Gasteiger partial charge in [-0.05, 0) is 42.5 Å². The number of benzene rings is 3. The van der Waals surface area contributed by atoms with Gasteiger partial charge in [0.1, 0.15) is 0 Å². The Balaban J connectivity index is 1.84. The number of carbonyl (C=O) groups is 1. The Morgan fingerprint density at radius 1 is 0.781 bits per heavy atom. The number of rotatable bonds is 9. The molecule has 0 spiro atoms. The normalized spacial score (nSPS) is 11.5. The molecule has 3 aromatic carbocycles. The highest BCUT2D eigenvalue weighted by molar-refractivity contribution is 7.92. The van der Waals surface area contributed by atoms with Crippen molar-refractivity contribution >= 4 is 37.3 Å². The minimum atomic E-state index is -3.87. The van der Waals surface area contributed by atoms with E-state index in [4.69, 9.17) is 0 Å². The molecule has 0 saturated carbocycles. The first-order valence-corrected chi connectivity index (χ1v) is 12.4. The number of para-hydroxylation sites is 2. The molecular formula is C22H21N3O5S2. The molecule has 0 atom stereocenters. The molecule has 0 aliphatic heterocycles. The first kappa shape index (κ1) is 23.2. The number of amides is 1. The van der Waals surface area contributed by atoms with Crippen molar-refractivity contribution < 1.29 is 21.6 Å². The van der Waals surface area contributed by atoms with Gasteiger partial charge in [-0.25, -0.2) is 21.6 Å². The lowest BCUT2D eigenvalue weighted by molar-refractivity contribution is 0.102. The van der Waals surface area contributed by atoms with E-state index in [1.165, 1.54) is 54.6 Å². The van der Waals surface area contributed by atoms with Crippen molar-refractivity contribution in [2.75, 3.05) is 16.6 Å². The van der Waals surface area contributed by atoms with Crippen LogP contribution < -0.4 is 14.8 Å². The van der Waals surface area contributed by atoms with E-state index in [0.29, 0.717) is 0 Å². The van der Waals surface area contributed by atoms with Gasteiger partial charge in [-0.1, -0.05) is 42.5 Å². The molecule has 0 bridgehead atoms. The van der Waals surface area contributed by atoms with Crippen LogP contribution in [-0.4, -0.2) is 29.3 Å². The zero-order valence-electron chi connectivity index (χ0n) is 16.9. The van der Waals surface area contributed by atoms with Crippen LogP contribution in [0.4, 0.5) is 11.4 Å². The maximum Gasteiger partial charge on any atom is 0.261 e. The number of anilines is 2. The largest absolute Gasteiger partial charge is 0.320 e. The second kappa shape index (κ2) is 9.77. The van der Waals surface area contributed by atoms with Crippen LogP contribution in [0.2, 0.25) is 0 Å². The maximum absolute atomic E-state index is 12.8. The minimum Gasteiger partial charge on any atom is -0.320 e. The molecule has 0 aromatic heterocycles. The van der Waals surface area contributed by atoms with Crippen LogP contribution in [0.25, 0.3) is 0 Å². The lowest BCUT2D eigenvalue weighted by atomic mass is 10.2. The third-order valence-electron chi connectivity index (χ3n) is 4.30.